The van der Waals surface area contributed by atoms with Gasteiger partial charge in [-0.15, -0.1) is 0 Å². The third-order valence-electron chi connectivity index (χ3n) is 2.54. The molecule has 1 aromatic rings. The first-order valence-electron chi connectivity index (χ1n) is 5.81. The minimum absolute atomic E-state index is 0.0340. The topological polar surface area (TPSA) is 75.7 Å². The van der Waals surface area contributed by atoms with Crippen molar-refractivity contribution in [3.63, 3.8) is 0 Å². The first kappa shape index (κ1) is 16.9. The van der Waals surface area contributed by atoms with Crippen molar-refractivity contribution in [2.75, 3.05) is 27.7 Å². The summed E-state index contributed by atoms with van der Waals surface area (Å²) in [6.45, 7) is 0.0367. The molecule has 8 heteroatoms. The SMILES string of the molecule is COc1ccc(Br)cc1S(=O)(=O)NCCC(=O)N(C)C. The summed E-state index contributed by atoms with van der Waals surface area (Å²) in [5.41, 5.74) is 0. The quantitative estimate of drug-likeness (QED) is 0.823. The molecule has 0 atom stereocenters. The van der Waals surface area contributed by atoms with Gasteiger partial charge in [-0.1, -0.05) is 15.9 Å². The van der Waals surface area contributed by atoms with Gasteiger partial charge >= 0.3 is 0 Å². The van der Waals surface area contributed by atoms with E-state index in [2.05, 4.69) is 20.7 Å². The number of nitrogens with zero attached hydrogens (tertiary/aromatic N) is 1. The van der Waals surface area contributed by atoms with Crippen molar-refractivity contribution in [3.05, 3.63) is 22.7 Å². The molecule has 0 fully saturated rings. The summed E-state index contributed by atoms with van der Waals surface area (Å²) < 4.78 is 32.4. The van der Waals surface area contributed by atoms with Crippen LogP contribution in [0.5, 0.6) is 5.75 Å². The maximum Gasteiger partial charge on any atom is 0.244 e. The molecule has 0 radical (unpaired) electrons. The standard InChI is InChI=1S/C12H17BrN2O4S/c1-15(2)12(16)6-7-14-20(17,18)11-8-9(13)4-5-10(11)19-3/h4-5,8,14H,6-7H2,1-3H3. The highest BCUT2D eigenvalue weighted by Crippen LogP contribution is 2.26. The van der Waals surface area contributed by atoms with Crippen LogP contribution in [0.25, 0.3) is 0 Å². The minimum atomic E-state index is -3.72. The Morgan fingerprint density at radius 1 is 1.40 bits per heavy atom. The summed E-state index contributed by atoms with van der Waals surface area (Å²) in [4.78, 5) is 12.8. The average Bonchev–Trinajstić information content (AvgIpc) is 2.38. The zero-order chi connectivity index (χ0) is 15.3. The molecule has 0 saturated heterocycles. The Labute approximate surface area is 127 Å². The summed E-state index contributed by atoms with van der Waals surface area (Å²) in [7, 11) is 0.916. The Balaban J connectivity index is 2.84. The summed E-state index contributed by atoms with van der Waals surface area (Å²) in [6, 6.07) is 4.70. The molecule has 0 unspecified atom stereocenters. The predicted molar refractivity (Wildman–Crippen MR) is 79.2 cm³/mol. The highest BCUT2D eigenvalue weighted by molar-refractivity contribution is 9.10. The number of ether oxygens (including phenoxy) is 1. The number of halogens is 1. The monoisotopic (exact) mass is 364 g/mol. The van der Waals surface area contributed by atoms with Gasteiger partial charge in [-0.05, 0) is 18.2 Å². The van der Waals surface area contributed by atoms with Crippen LogP contribution in [-0.4, -0.2) is 47.0 Å². The van der Waals surface area contributed by atoms with Gasteiger partial charge in [-0.25, -0.2) is 13.1 Å². The Kier molecular flexibility index (Phi) is 5.97. The second-order valence-corrected chi connectivity index (χ2v) is 6.88. The van der Waals surface area contributed by atoms with E-state index in [0.29, 0.717) is 4.47 Å². The number of carbonyl (C=O) groups excluding carboxylic acids is 1. The van der Waals surface area contributed by atoms with Gasteiger partial charge in [-0.2, -0.15) is 0 Å². The second-order valence-electron chi connectivity index (χ2n) is 4.23. The van der Waals surface area contributed by atoms with Gasteiger partial charge in [0.2, 0.25) is 15.9 Å². The van der Waals surface area contributed by atoms with Crippen LogP contribution >= 0.6 is 15.9 Å². The molecule has 0 heterocycles. The highest BCUT2D eigenvalue weighted by atomic mass is 79.9. The average molecular weight is 365 g/mol. The van der Waals surface area contributed by atoms with Crippen molar-refractivity contribution < 1.29 is 17.9 Å². The van der Waals surface area contributed by atoms with Gasteiger partial charge in [-0.3, -0.25) is 4.79 Å². The summed E-state index contributed by atoms with van der Waals surface area (Å²) in [5, 5.41) is 0. The fraction of sp³-hybridized carbons (Fsp3) is 0.417. The number of amides is 1. The summed E-state index contributed by atoms with van der Waals surface area (Å²) in [6.07, 6.45) is 0.0998. The molecule has 0 aliphatic rings. The lowest BCUT2D eigenvalue weighted by atomic mass is 10.3. The van der Waals surface area contributed by atoms with E-state index in [0.717, 1.165) is 0 Å². The molecule has 0 saturated carbocycles. The Morgan fingerprint density at radius 3 is 2.60 bits per heavy atom. The van der Waals surface area contributed by atoms with E-state index in [1.807, 2.05) is 0 Å². The van der Waals surface area contributed by atoms with E-state index in [1.54, 1.807) is 26.2 Å². The molecule has 0 spiro atoms. The van der Waals surface area contributed by atoms with Crippen LogP contribution in [0, 0.1) is 0 Å². The van der Waals surface area contributed by atoms with Crippen LogP contribution < -0.4 is 9.46 Å². The van der Waals surface area contributed by atoms with Gasteiger partial charge < -0.3 is 9.64 Å². The molecular weight excluding hydrogens is 348 g/mol. The number of rotatable bonds is 6. The van der Waals surface area contributed by atoms with Crippen LogP contribution in [-0.2, 0) is 14.8 Å². The lowest BCUT2D eigenvalue weighted by Crippen LogP contribution is -2.30. The molecular formula is C12H17BrN2O4S. The van der Waals surface area contributed by atoms with E-state index in [-0.39, 0.29) is 29.5 Å². The number of hydrogen-bond acceptors (Lipinski definition) is 4. The molecule has 0 aliphatic carbocycles. The normalized spacial score (nSPS) is 11.2. The van der Waals surface area contributed by atoms with Crippen molar-refractivity contribution in [2.45, 2.75) is 11.3 Å². The number of benzene rings is 1. The van der Waals surface area contributed by atoms with Crippen molar-refractivity contribution in [1.29, 1.82) is 0 Å². The molecule has 20 heavy (non-hydrogen) atoms. The fourth-order valence-electron chi connectivity index (χ4n) is 1.45. The molecule has 1 N–H and O–H groups in total. The number of sulfonamides is 1. The third-order valence-corrected chi connectivity index (χ3v) is 4.52. The maximum absolute atomic E-state index is 12.2. The predicted octanol–water partition coefficient (Wildman–Crippen LogP) is 1.21. The van der Waals surface area contributed by atoms with Crippen molar-refractivity contribution in [1.82, 2.24) is 9.62 Å². The second kappa shape index (κ2) is 7.05. The first-order valence-corrected chi connectivity index (χ1v) is 8.09. The molecule has 1 amide bonds. The van der Waals surface area contributed by atoms with Gasteiger partial charge in [0.05, 0.1) is 7.11 Å². The first-order chi connectivity index (χ1) is 9.27. The molecule has 112 valence electrons. The minimum Gasteiger partial charge on any atom is -0.495 e. The van der Waals surface area contributed by atoms with Crippen molar-refractivity contribution in [3.8, 4) is 5.75 Å². The molecule has 1 aromatic carbocycles. The summed E-state index contributed by atoms with van der Waals surface area (Å²) >= 11 is 3.22. The Morgan fingerprint density at radius 2 is 2.05 bits per heavy atom. The van der Waals surface area contributed by atoms with Crippen LogP contribution in [0.1, 0.15) is 6.42 Å². The van der Waals surface area contributed by atoms with Crippen molar-refractivity contribution in [2.24, 2.45) is 0 Å². The largest absolute Gasteiger partial charge is 0.495 e. The molecule has 0 aliphatic heterocycles. The van der Waals surface area contributed by atoms with Gasteiger partial charge in [0, 0.05) is 31.5 Å². The molecule has 0 aromatic heterocycles. The van der Waals surface area contributed by atoms with Crippen LogP contribution in [0.2, 0.25) is 0 Å². The zero-order valence-corrected chi connectivity index (χ0v) is 13.9. The van der Waals surface area contributed by atoms with Crippen molar-refractivity contribution >= 4 is 31.9 Å². The third kappa shape index (κ3) is 4.46. The fourth-order valence-corrected chi connectivity index (χ4v) is 3.19. The molecule has 6 nitrogen and oxygen atoms in total. The maximum atomic E-state index is 12.2. The molecule has 1 rings (SSSR count). The smallest absolute Gasteiger partial charge is 0.244 e. The van der Waals surface area contributed by atoms with E-state index < -0.39 is 10.0 Å². The van der Waals surface area contributed by atoms with E-state index in [9.17, 15) is 13.2 Å². The van der Waals surface area contributed by atoms with Crippen LogP contribution in [0.4, 0.5) is 0 Å². The summed E-state index contributed by atoms with van der Waals surface area (Å²) in [5.74, 6) is 0.105. The lowest BCUT2D eigenvalue weighted by Gasteiger charge is -2.12. The Hall–Kier alpha value is -1.12. The highest BCUT2D eigenvalue weighted by Gasteiger charge is 2.20. The number of hydrogen-bond donors (Lipinski definition) is 1. The van der Waals surface area contributed by atoms with E-state index in [4.69, 9.17) is 4.74 Å². The van der Waals surface area contributed by atoms with E-state index >= 15 is 0 Å². The van der Waals surface area contributed by atoms with Gasteiger partial charge in [0.25, 0.3) is 0 Å². The van der Waals surface area contributed by atoms with Crippen LogP contribution in [0.3, 0.4) is 0 Å². The number of nitrogens with one attached hydrogen (secondary N) is 1. The Bertz CT molecular complexity index is 587. The number of carbonyl (C=O) groups is 1. The van der Waals surface area contributed by atoms with E-state index in [1.165, 1.54) is 18.1 Å². The lowest BCUT2D eigenvalue weighted by molar-refractivity contribution is -0.128. The van der Waals surface area contributed by atoms with Gasteiger partial charge in [0.15, 0.2) is 0 Å². The van der Waals surface area contributed by atoms with Crippen LogP contribution in [0.15, 0.2) is 27.6 Å². The zero-order valence-electron chi connectivity index (χ0n) is 11.5. The number of methoxy groups -OCH3 is 1. The van der Waals surface area contributed by atoms with Gasteiger partial charge in [0.1, 0.15) is 10.6 Å². The molecule has 0 bridgehead atoms.